The minimum Gasteiger partial charge on any atom is -0.459 e. The molecule has 0 aliphatic carbocycles. The van der Waals surface area contributed by atoms with Gasteiger partial charge in [-0.05, 0) is 95.1 Å². The molecule has 0 bridgehead atoms. The van der Waals surface area contributed by atoms with Crippen molar-refractivity contribution in [2.45, 2.75) is 118 Å². The molecule has 0 radical (unpaired) electrons. The standard InChI is InChI=1S/C29H43NO10/c1-26(2,3)37-22(31)19(23(32)38-27(4,5)6)15-17-13-14-18(20(16-17)30(35)36)21(24(33)39-28(7,8)9)25(34)40-29(10,11)12/h13-14,16,19,21H,15H2,1-12H3. The molecule has 0 amide bonds. The fourth-order valence-electron chi connectivity index (χ4n) is 3.43. The van der Waals surface area contributed by atoms with Crippen LogP contribution in [0.1, 0.15) is 100 Å². The molecule has 0 heterocycles. The summed E-state index contributed by atoms with van der Waals surface area (Å²) < 4.78 is 21.6. The first-order valence-corrected chi connectivity index (χ1v) is 13.0. The average Bonchev–Trinajstić information content (AvgIpc) is 2.67. The van der Waals surface area contributed by atoms with Gasteiger partial charge in [-0.25, -0.2) is 0 Å². The number of nitro benzene ring substituents is 1. The molecule has 1 rings (SSSR count). The SMILES string of the molecule is CC(C)(C)OC(=O)C(Cc1ccc(C(C(=O)OC(C)(C)C)C(=O)OC(C)(C)C)c([N+](=O)[O-])c1)C(=O)OC(C)(C)C. The highest BCUT2D eigenvalue weighted by molar-refractivity contribution is 6.02. The quantitative estimate of drug-likeness (QED) is 0.135. The highest BCUT2D eigenvalue weighted by Crippen LogP contribution is 2.33. The van der Waals surface area contributed by atoms with E-state index in [4.69, 9.17) is 18.9 Å². The third kappa shape index (κ3) is 11.7. The van der Waals surface area contributed by atoms with Crippen molar-refractivity contribution in [1.29, 1.82) is 0 Å². The zero-order valence-electron chi connectivity index (χ0n) is 25.6. The zero-order chi connectivity index (χ0) is 31.4. The molecule has 0 saturated heterocycles. The summed E-state index contributed by atoms with van der Waals surface area (Å²) in [6.07, 6.45) is -0.283. The predicted molar refractivity (Wildman–Crippen MR) is 146 cm³/mol. The van der Waals surface area contributed by atoms with Crippen molar-refractivity contribution >= 4 is 29.6 Å². The van der Waals surface area contributed by atoms with Crippen LogP contribution in [0.2, 0.25) is 0 Å². The molecule has 0 atom stereocenters. The predicted octanol–water partition coefficient (Wildman–Crippen LogP) is 5.20. The topological polar surface area (TPSA) is 148 Å². The smallest absolute Gasteiger partial charge is 0.325 e. The Balaban J connectivity index is 3.63. The largest absolute Gasteiger partial charge is 0.459 e. The summed E-state index contributed by atoms with van der Waals surface area (Å²) in [5.41, 5.74) is -4.39. The van der Waals surface area contributed by atoms with Crippen LogP contribution in [-0.2, 0) is 44.5 Å². The summed E-state index contributed by atoms with van der Waals surface area (Å²) >= 11 is 0. The van der Waals surface area contributed by atoms with Gasteiger partial charge < -0.3 is 18.9 Å². The molecule has 40 heavy (non-hydrogen) atoms. The van der Waals surface area contributed by atoms with Crippen LogP contribution in [0.4, 0.5) is 5.69 Å². The van der Waals surface area contributed by atoms with Crippen molar-refractivity contribution < 1.29 is 43.0 Å². The van der Waals surface area contributed by atoms with Gasteiger partial charge in [-0.1, -0.05) is 12.1 Å². The Kier molecular flexibility index (Phi) is 10.7. The van der Waals surface area contributed by atoms with Gasteiger partial charge >= 0.3 is 23.9 Å². The van der Waals surface area contributed by atoms with Crippen LogP contribution in [0, 0.1) is 16.0 Å². The Bertz CT molecular complexity index is 1070. The second-order valence-electron chi connectivity index (χ2n) is 13.5. The van der Waals surface area contributed by atoms with Crippen LogP contribution in [-0.4, -0.2) is 51.2 Å². The van der Waals surface area contributed by atoms with Crippen molar-refractivity contribution in [2.75, 3.05) is 0 Å². The number of hydrogen-bond acceptors (Lipinski definition) is 10. The van der Waals surface area contributed by atoms with Gasteiger partial charge in [0.1, 0.15) is 22.4 Å². The molecular weight excluding hydrogens is 522 g/mol. The first-order valence-electron chi connectivity index (χ1n) is 13.0. The van der Waals surface area contributed by atoms with E-state index in [0.29, 0.717) is 0 Å². The van der Waals surface area contributed by atoms with Crippen LogP contribution in [0.3, 0.4) is 0 Å². The van der Waals surface area contributed by atoms with Gasteiger partial charge in [0.25, 0.3) is 5.69 Å². The van der Waals surface area contributed by atoms with E-state index in [0.717, 1.165) is 6.07 Å². The summed E-state index contributed by atoms with van der Waals surface area (Å²) in [6, 6.07) is 3.73. The van der Waals surface area contributed by atoms with E-state index in [1.54, 1.807) is 83.1 Å². The maximum absolute atomic E-state index is 13.1. The molecule has 1 aromatic rings. The molecule has 0 aliphatic heterocycles. The summed E-state index contributed by atoms with van der Waals surface area (Å²) in [4.78, 5) is 63.5. The highest BCUT2D eigenvalue weighted by Gasteiger charge is 2.41. The maximum Gasteiger partial charge on any atom is 0.325 e. The van der Waals surface area contributed by atoms with Gasteiger partial charge in [0, 0.05) is 6.07 Å². The molecule has 11 nitrogen and oxygen atoms in total. The highest BCUT2D eigenvalue weighted by atomic mass is 16.6. The molecule has 0 aromatic heterocycles. The van der Waals surface area contributed by atoms with E-state index in [2.05, 4.69) is 0 Å². The minimum atomic E-state index is -1.75. The lowest BCUT2D eigenvalue weighted by molar-refractivity contribution is -0.385. The normalized spacial score (nSPS) is 12.7. The van der Waals surface area contributed by atoms with Gasteiger partial charge in [-0.3, -0.25) is 29.3 Å². The maximum atomic E-state index is 13.1. The van der Waals surface area contributed by atoms with Crippen molar-refractivity contribution in [3.8, 4) is 0 Å². The van der Waals surface area contributed by atoms with E-state index in [9.17, 15) is 29.3 Å². The molecular formula is C29H43NO10. The van der Waals surface area contributed by atoms with Crippen LogP contribution < -0.4 is 0 Å². The molecule has 0 N–H and O–H groups in total. The third-order valence-electron chi connectivity index (χ3n) is 4.71. The van der Waals surface area contributed by atoms with E-state index in [1.807, 2.05) is 0 Å². The summed E-state index contributed by atoms with van der Waals surface area (Å²) in [5, 5.41) is 12.1. The van der Waals surface area contributed by atoms with Crippen molar-refractivity contribution in [1.82, 2.24) is 0 Å². The average molecular weight is 566 g/mol. The number of carbonyl (C=O) groups is 4. The van der Waals surface area contributed by atoms with Crippen LogP contribution in [0.5, 0.6) is 0 Å². The number of nitro groups is 1. The Hall–Kier alpha value is -3.50. The number of benzene rings is 1. The second kappa shape index (κ2) is 12.3. The molecule has 11 heteroatoms. The van der Waals surface area contributed by atoms with E-state index in [1.165, 1.54) is 12.1 Å². The Labute approximate surface area is 236 Å². The molecule has 0 fully saturated rings. The third-order valence-corrected chi connectivity index (χ3v) is 4.71. The first-order chi connectivity index (χ1) is 17.8. The molecule has 224 valence electrons. The van der Waals surface area contributed by atoms with Gasteiger partial charge in [0.15, 0.2) is 11.8 Å². The minimum absolute atomic E-state index is 0.212. The molecule has 0 unspecified atom stereocenters. The van der Waals surface area contributed by atoms with Crippen molar-refractivity contribution in [3.05, 3.63) is 39.4 Å². The number of esters is 4. The van der Waals surface area contributed by atoms with Crippen molar-refractivity contribution in [2.24, 2.45) is 5.92 Å². The fraction of sp³-hybridized carbons (Fsp3) is 0.655. The monoisotopic (exact) mass is 565 g/mol. The number of nitrogens with zero attached hydrogens (tertiary/aromatic N) is 1. The Morgan fingerprint density at radius 3 is 1.35 bits per heavy atom. The van der Waals surface area contributed by atoms with E-state index < -0.39 is 68.7 Å². The summed E-state index contributed by atoms with van der Waals surface area (Å²) in [6.45, 7) is 19.5. The number of hydrogen-bond donors (Lipinski definition) is 0. The molecule has 0 saturated carbocycles. The van der Waals surface area contributed by atoms with Crippen LogP contribution >= 0.6 is 0 Å². The number of carbonyl (C=O) groups excluding carboxylic acids is 4. The number of ether oxygens (including phenoxy) is 4. The van der Waals surface area contributed by atoms with Gasteiger partial charge in [0.2, 0.25) is 0 Å². The lowest BCUT2D eigenvalue weighted by Crippen LogP contribution is -2.38. The first kappa shape index (κ1) is 34.5. The molecule has 0 spiro atoms. The van der Waals surface area contributed by atoms with Crippen LogP contribution in [0.25, 0.3) is 0 Å². The lowest BCUT2D eigenvalue weighted by atomic mass is 9.92. The number of rotatable bonds is 8. The van der Waals surface area contributed by atoms with Crippen molar-refractivity contribution in [3.63, 3.8) is 0 Å². The van der Waals surface area contributed by atoms with E-state index >= 15 is 0 Å². The van der Waals surface area contributed by atoms with Crippen LogP contribution in [0.15, 0.2) is 18.2 Å². The second-order valence-corrected chi connectivity index (χ2v) is 13.5. The Morgan fingerprint density at radius 1 is 0.675 bits per heavy atom. The van der Waals surface area contributed by atoms with Gasteiger partial charge in [-0.15, -0.1) is 0 Å². The molecule has 0 aliphatic rings. The van der Waals surface area contributed by atoms with E-state index in [-0.39, 0.29) is 17.5 Å². The van der Waals surface area contributed by atoms with Gasteiger partial charge in [0.05, 0.1) is 10.5 Å². The lowest BCUT2D eigenvalue weighted by Gasteiger charge is -2.27. The zero-order valence-corrected chi connectivity index (χ0v) is 25.6. The summed E-state index contributed by atoms with van der Waals surface area (Å²) in [5.74, 6) is -6.91. The summed E-state index contributed by atoms with van der Waals surface area (Å²) in [7, 11) is 0. The van der Waals surface area contributed by atoms with Gasteiger partial charge in [-0.2, -0.15) is 0 Å². The molecule has 1 aromatic carbocycles. The fourth-order valence-corrected chi connectivity index (χ4v) is 3.43. The Morgan fingerprint density at radius 2 is 1.02 bits per heavy atom.